The number of carboxylic acid groups (broad SMARTS) is 1. The van der Waals surface area contributed by atoms with Crippen LogP contribution in [0.25, 0.3) is 11.0 Å². The summed E-state index contributed by atoms with van der Waals surface area (Å²) in [5.41, 5.74) is 8.09. The molecular weight excluding hydrogens is 1390 g/mol. The van der Waals surface area contributed by atoms with Gasteiger partial charge in [0.05, 0.1) is 18.8 Å². The average Bonchev–Trinajstić information content (AvgIpc) is 1.51. The fraction of sp³-hybridized carbons (Fsp3) is 0.620. The second-order valence-corrected chi connectivity index (χ2v) is 32.1. The number of rotatable bonds is 18. The number of hydrogen-bond acceptors (Lipinski definition) is 26. The van der Waals surface area contributed by atoms with Crippen molar-refractivity contribution in [3.05, 3.63) is 80.9 Å². The standard InChI is InChI=1S/C15H21N3O2S.C15H17N3OS.C13H17N3O2S.C13H17N3OS.C8H9ClN2O2S.C7H13N/c1-3-20-14(19)11-8-16-15(21-2)18-13(11)17-12-7-9-4-5-10(12)6-9;1-20-15-16-8-11-4-5-13(19)18(14(11)17-15)12-7-9-2-3-10(12)6-9;1-19-13-14-6-9(12(17)18)11(16-13)15-10-5-7-2-3-8(10)4-7;1-18-13-14-6-10(7-17)12(16-13)15-11-5-8-2-3-9(11)4-8;1-3-13-7(12)5-4-10-8(14-2)11-6(5)9;8-7-4-5-1-2-6(7)3-5/h8-10,12H,3-7H2,1-2H3,(H,16,17,18);4-5,8-10,12H,2-3,6-7H2,1H3;6-8,10H,2-5H2,1H3,(H,17,18)(H,14,15,16);6-9,11H,2-5H2,1H3,(H,14,15,16);4H,3H2,1-2H3;5-7H,1-4,8H2/t2*9-,10+,12+;7-,8+,10+;8-,9+,11+;;5-,6+,7+/m1111.1/s1. The summed E-state index contributed by atoms with van der Waals surface area (Å²) in [5.74, 6) is 8.13. The first-order valence-electron chi connectivity index (χ1n) is 35.3. The normalized spacial score (nSPS) is 27.7. The van der Waals surface area contributed by atoms with Crippen molar-refractivity contribution in [2.75, 3.05) is 60.4 Å². The lowest BCUT2D eigenvalue weighted by Crippen LogP contribution is -2.28. The van der Waals surface area contributed by atoms with E-state index in [9.17, 15) is 29.1 Å². The van der Waals surface area contributed by atoms with Gasteiger partial charge in [-0.25, -0.2) is 64.2 Å². The predicted octanol–water partition coefficient (Wildman–Crippen LogP) is 14.1. The van der Waals surface area contributed by atoms with Crippen LogP contribution in [0.4, 0.5) is 17.5 Å². The van der Waals surface area contributed by atoms with E-state index < -0.39 is 11.9 Å². The van der Waals surface area contributed by atoms with E-state index in [1.807, 2.05) is 48.1 Å². The van der Waals surface area contributed by atoms with Crippen molar-refractivity contribution in [2.24, 2.45) is 64.9 Å². The monoisotopic (exact) mass is 1480 g/mol. The predicted molar refractivity (Wildman–Crippen MR) is 397 cm³/mol. The fourth-order valence-electron chi connectivity index (χ4n) is 17.2. The van der Waals surface area contributed by atoms with Crippen LogP contribution >= 0.6 is 70.4 Å². The molecule has 10 bridgehead atoms. The SMILES string of the molecule is CCOC(=O)c1cnc(SC)nc1Cl.CCOC(=O)c1cnc(SC)nc1N[C@H]1C[C@@H]2CC[C@H]1C2.CSc1ncc(C(=O)O)c(N[C@H]2C[C@@H]3CC[C@H]2C3)n1.CSc1ncc(C=O)c(N[C@H]2C[C@@H]3CC[C@H]2C3)n1.CSc1ncc2ccc(=O)n([C@H]3C[C@@H]4CC[C@H]3C4)c2n1.N[C@H]1C[C@@H]2CC[C@H]1C2. The number of hydrogen-bond donors (Lipinski definition) is 5. The fourth-order valence-corrected chi connectivity index (χ4v) is 19.1. The lowest BCUT2D eigenvalue weighted by Gasteiger charge is -2.25. The molecule has 6 heterocycles. The van der Waals surface area contributed by atoms with Gasteiger partial charge in [0.25, 0.3) is 5.56 Å². The number of ether oxygens (including phenoxy) is 2. The average molecular weight is 1480 g/mol. The molecule has 10 aliphatic rings. The minimum Gasteiger partial charge on any atom is -0.477 e. The summed E-state index contributed by atoms with van der Waals surface area (Å²) in [6.45, 7) is 4.19. The Kier molecular flexibility index (Phi) is 26.7. The molecule has 0 aromatic carbocycles. The first-order valence-corrected chi connectivity index (χ1v) is 41.8. The van der Waals surface area contributed by atoms with Crippen LogP contribution < -0.4 is 27.2 Å². The van der Waals surface area contributed by atoms with E-state index in [1.165, 1.54) is 187 Å². The number of anilines is 3. The number of carbonyl (C=O) groups excluding carboxylic acids is 3. The Morgan fingerprint density at radius 3 is 1.34 bits per heavy atom. The number of carboxylic acids is 1. The van der Waals surface area contributed by atoms with Crippen LogP contribution in [0, 0.1) is 59.2 Å². The quantitative estimate of drug-likeness (QED) is 0.0175. The highest BCUT2D eigenvalue weighted by molar-refractivity contribution is 7.99. The van der Waals surface area contributed by atoms with Crippen LogP contribution in [0.1, 0.15) is 190 Å². The number of aromatic carboxylic acids is 1. The van der Waals surface area contributed by atoms with Gasteiger partial charge < -0.3 is 36.3 Å². The van der Waals surface area contributed by atoms with Gasteiger partial charge in [-0.05, 0) is 207 Å². The largest absolute Gasteiger partial charge is 0.477 e. The first-order chi connectivity index (χ1) is 48.5. The molecule has 100 heavy (non-hydrogen) atoms. The van der Waals surface area contributed by atoms with Gasteiger partial charge in [0.1, 0.15) is 44.9 Å². The molecule has 16 rings (SSSR count). The maximum Gasteiger partial charge on any atom is 0.343 e. The van der Waals surface area contributed by atoms with Crippen molar-refractivity contribution >= 4 is 123 Å². The summed E-state index contributed by atoms with van der Waals surface area (Å²) in [5, 5.41) is 23.9. The number of nitrogens with one attached hydrogen (secondary N) is 3. The number of carbonyl (C=O) groups is 4. The van der Waals surface area contributed by atoms with Crippen LogP contribution in [-0.4, -0.2) is 152 Å². The Labute approximate surface area is 611 Å². The molecule has 6 aromatic heterocycles. The maximum absolute atomic E-state index is 12.4. The van der Waals surface area contributed by atoms with E-state index in [-0.39, 0.29) is 27.8 Å². The molecule has 538 valence electrons. The van der Waals surface area contributed by atoms with Crippen LogP contribution in [0.2, 0.25) is 5.15 Å². The minimum absolute atomic E-state index is 0.0841. The zero-order valence-corrected chi connectivity index (χ0v) is 62.9. The second kappa shape index (κ2) is 35.5. The van der Waals surface area contributed by atoms with Crippen molar-refractivity contribution in [3.63, 3.8) is 0 Å². The topological polar surface area (TPSA) is 320 Å². The number of halogens is 1. The number of pyridine rings is 1. The highest BCUT2D eigenvalue weighted by atomic mass is 35.5. The van der Waals surface area contributed by atoms with Crippen molar-refractivity contribution in [1.29, 1.82) is 0 Å². The molecule has 15 atom stereocenters. The Morgan fingerprint density at radius 1 is 0.520 bits per heavy atom. The van der Waals surface area contributed by atoms with E-state index in [1.54, 1.807) is 32.3 Å². The molecule has 0 unspecified atom stereocenters. The molecular formula is C71H94ClN15O8S5. The molecule has 0 aliphatic heterocycles. The van der Waals surface area contributed by atoms with Gasteiger partial charge >= 0.3 is 17.9 Å². The van der Waals surface area contributed by atoms with Gasteiger partial charge in [0.2, 0.25) is 0 Å². The zero-order valence-electron chi connectivity index (χ0n) is 58.1. The lowest BCUT2D eigenvalue weighted by molar-refractivity contribution is 0.0516. The highest BCUT2D eigenvalue weighted by Crippen LogP contribution is 2.52. The third-order valence-corrected chi connectivity index (χ3v) is 25.1. The Balaban J connectivity index is 0.000000123. The summed E-state index contributed by atoms with van der Waals surface area (Å²) in [7, 11) is 0. The summed E-state index contributed by atoms with van der Waals surface area (Å²) < 4.78 is 11.8. The van der Waals surface area contributed by atoms with Crippen LogP contribution in [-0.2, 0) is 9.47 Å². The summed E-state index contributed by atoms with van der Waals surface area (Å²) in [6, 6.07) is 5.72. The Hall–Kier alpha value is -5.91. The molecule has 10 aliphatic carbocycles. The van der Waals surface area contributed by atoms with Gasteiger partial charge in [0.15, 0.2) is 32.1 Å². The van der Waals surface area contributed by atoms with E-state index in [2.05, 4.69) is 65.8 Å². The van der Waals surface area contributed by atoms with Crippen molar-refractivity contribution in [1.82, 2.24) is 54.4 Å². The summed E-state index contributed by atoms with van der Waals surface area (Å²) >= 11 is 13.0. The van der Waals surface area contributed by atoms with Crippen LogP contribution in [0.5, 0.6) is 0 Å². The minimum atomic E-state index is -0.974. The number of nitrogens with zero attached hydrogens (tertiary/aromatic N) is 11. The van der Waals surface area contributed by atoms with Crippen molar-refractivity contribution < 1.29 is 33.8 Å². The summed E-state index contributed by atoms with van der Waals surface area (Å²) in [4.78, 5) is 100. The molecule has 6 aromatic rings. The van der Waals surface area contributed by atoms with E-state index in [0.717, 1.165) is 82.7 Å². The molecule has 10 saturated carbocycles. The third kappa shape index (κ3) is 18.5. The zero-order chi connectivity index (χ0) is 70.6. The van der Waals surface area contributed by atoms with Gasteiger partial charge in [0, 0.05) is 72.6 Å². The molecule has 0 saturated heterocycles. The van der Waals surface area contributed by atoms with Gasteiger partial charge in [-0.3, -0.25) is 14.2 Å². The van der Waals surface area contributed by atoms with Gasteiger partial charge in [-0.15, -0.1) is 0 Å². The molecule has 23 nitrogen and oxygen atoms in total. The molecule has 10 fully saturated rings. The van der Waals surface area contributed by atoms with E-state index in [4.69, 9.17) is 26.8 Å². The smallest absolute Gasteiger partial charge is 0.343 e. The van der Waals surface area contributed by atoms with Crippen LogP contribution in [0.15, 0.2) is 73.7 Å². The highest BCUT2D eigenvalue weighted by Gasteiger charge is 2.44. The van der Waals surface area contributed by atoms with Crippen molar-refractivity contribution in [3.8, 4) is 0 Å². The number of aldehydes is 1. The van der Waals surface area contributed by atoms with E-state index in [0.29, 0.717) is 104 Å². The molecule has 29 heteroatoms. The van der Waals surface area contributed by atoms with Gasteiger partial charge in [-0.2, -0.15) is 0 Å². The molecule has 0 amide bonds. The van der Waals surface area contributed by atoms with Crippen molar-refractivity contribution in [2.45, 2.75) is 198 Å². The molecule has 6 N–H and O–H groups in total. The molecule has 0 spiro atoms. The van der Waals surface area contributed by atoms with E-state index >= 15 is 0 Å². The van der Waals surface area contributed by atoms with Gasteiger partial charge in [-0.1, -0.05) is 103 Å². The lowest BCUT2D eigenvalue weighted by atomic mass is 9.95. The maximum atomic E-state index is 12.4. The van der Waals surface area contributed by atoms with Crippen LogP contribution in [0.3, 0.4) is 0 Å². The Bertz CT molecular complexity index is 3900. The summed E-state index contributed by atoms with van der Waals surface area (Å²) in [6.07, 6.45) is 44.3. The molecule has 0 radical (unpaired) electrons. The Morgan fingerprint density at radius 2 is 0.930 bits per heavy atom. The number of aromatic nitrogens is 11. The number of esters is 2. The number of fused-ring (bicyclic) bond motifs is 11. The number of nitrogens with two attached hydrogens (primary N) is 1. The third-order valence-electron chi connectivity index (χ3n) is 22.0. The first kappa shape index (κ1) is 75.3. The second-order valence-electron chi connectivity index (χ2n) is 27.9. The number of thioether (sulfide) groups is 5.